The lowest BCUT2D eigenvalue weighted by molar-refractivity contribution is -0.135. The molecule has 1 aromatic heterocycles. The maximum absolute atomic E-state index is 11.7. The summed E-state index contributed by atoms with van der Waals surface area (Å²) in [6.45, 7) is 3.54. The van der Waals surface area contributed by atoms with Gasteiger partial charge in [-0.1, -0.05) is 0 Å². The van der Waals surface area contributed by atoms with Gasteiger partial charge in [0.05, 0.1) is 24.9 Å². The van der Waals surface area contributed by atoms with Gasteiger partial charge in [-0.2, -0.15) is 0 Å². The van der Waals surface area contributed by atoms with E-state index in [2.05, 4.69) is 14.5 Å². The van der Waals surface area contributed by atoms with E-state index in [4.69, 9.17) is 9.47 Å². The molecule has 134 valence electrons. The predicted molar refractivity (Wildman–Crippen MR) is 89.5 cm³/mol. The molecule has 3 heterocycles. The lowest BCUT2D eigenvalue weighted by atomic mass is 9.89. The summed E-state index contributed by atoms with van der Waals surface area (Å²) >= 11 is 0. The number of hydrogen-bond donors (Lipinski definition) is 0. The van der Waals surface area contributed by atoms with Gasteiger partial charge in [0.25, 0.3) is 0 Å². The highest BCUT2D eigenvalue weighted by molar-refractivity contribution is 5.76. The quantitative estimate of drug-likeness (QED) is 0.790. The summed E-state index contributed by atoms with van der Waals surface area (Å²) in [6.07, 6.45) is 6.88. The Morgan fingerprint density at radius 3 is 3.08 bits per heavy atom. The Balaban J connectivity index is 1.52. The van der Waals surface area contributed by atoms with Gasteiger partial charge >= 0.3 is 0 Å². The summed E-state index contributed by atoms with van der Waals surface area (Å²) in [7, 11) is 5.52. The van der Waals surface area contributed by atoms with E-state index in [0.717, 1.165) is 44.7 Å². The average Bonchev–Trinajstić information content (AvgIpc) is 3.12. The highest BCUT2D eigenvalue weighted by atomic mass is 16.6. The molecule has 0 aliphatic carbocycles. The minimum atomic E-state index is -0.130. The minimum Gasteiger partial charge on any atom is -0.371 e. The van der Waals surface area contributed by atoms with E-state index >= 15 is 0 Å². The van der Waals surface area contributed by atoms with Crippen molar-refractivity contribution in [2.45, 2.75) is 37.5 Å². The third-order valence-electron chi connectivity index (χ3n) is 5.02. The Bertz CT molecular complexity index is 574. The van der Waals surface area contributed by atoms with Gasteiger partial charge in [-0.05, 0) is 19.4 Å². The van der Waals surface area contributed by atoms with Crippen LogP contribution in [0.1, 0.15) is 25.1 Å². The van der Waals surface area contributed by atoms with Crippen molar-refractivity contribution in [2.24, 2.45) is 7.05 Å². The summed E-state index contributed by atoms with van der Waals surface area (Å²) in [6, 6.07) is 0. The van der Waals surface area contributed by atoms with Crippen molar-refractivity contribution in [2.75, 3.05) is 40.4 Å². The first-order valence-electron chi connectivity index (χ1n) is 8.62. The largest absolute Gasteiger partial charge is 0.371 e. The molecule has 0 bridgehead atoms. The molecule has 3 rings (SSSR count). The number of carbonyl (C=O) groups excluding carboxylic acids is 1. The first-order valence-corrected chi connectivity index (χ1v) is 8.62. The smallest absolute Gasteiger partial charge is 0.248 e. The molecule has 7 heteroatoms. The van der Waals surface area contributed by atoms with E-state index in [9.17, 15) is 4.79 Å². The van der Waals surface area contributed by atoms with Gasteiger partial charge in [-0.25, -0.2) is 4.98 Å². The Morgan fingerprint density at radius 2 is 2.38 bits per heavy atom. The first kappa shape index (κ1) is 17.4. The third kappa shape index (κ3) is 3.96. The number of likely N-dealkylation sites (tertiary alicyclic amines) is 1. The first-order chi connectivity index (χ1) is 11.5. The highest BCUT2D eigenvalue weighted by Gasteiger charge is 2.44. The molecule has 24 heavy (non-hydrogen) atoms. The van der Waals surface area contributed by atoms with Crippen molar-refractivity contribution in [3.8, 4) is 0 Å². The summed E-state index contributed by atoms with van der Waals surface area (Å²) in [5.74, 6) is 1.07. The molecule has 1 spiro atoms. The van der Waals surface area contributed by atoms with Crippen LogP contribution in [0.25, 0.3) is 0 Å². The molecule has 2 fully saturated rings. The predicted octanol–water partition coefficient (Wildman–Crippen LogP) is 0.648. The number of ether oxygens (including phenoxy) is 2. The maximum atomic E-state index is 11.7. The van der Waals surface area contributed by atoms with Crippen LogP contribution in [0, 0.1) is 0 Å². The number of rotatable bonds is 5. The number of nitrogens with zero attached hydrogens (tertiary/aromatic N) is 4. The van der Waals surface area contributed by atoms with Crippen molar-refractivity contribution in [3.63, 3.8) is 0 Å². The third-order valence-corrected chi connectivity index (χ3v) is 5.02. The molecule has 2 aliphatic heterocycles. The minimum absolute atomic E-state index is 0.00370. The molecule has 7 nitrogen and oxygen atoms in total. The number of piperidine rings is 1. The normalized spacial score (nSPS) is 27.7. The van der Waals surface area contributed by atoms with E-state index in [1.165, 1.54) is 0 Å². The van der Waals surface area contributed by atoms with Crippen molar-refractivity contribution < 1.29 is 14.3 Å². The molecule has 0 radical (unpaired) electrons. The SMILES string of the molecule is CN(C)C(=O)COC1COC2(CCCN(Cc3nccn3C)C2)C1. The molecule has 2 unspecified atom stereocenters. The Kier molecular flexibility index (Phi) is 5.22. The van der Waals surface area contributed by atoms with E-state index < -0.39 is 0 Å². The lowest BCUT2D eigenvalue weighted by Gasteiger charge is -2.39. The lowest BCUT2D eigenvalue weighted by Crippen LogP contribution is -2.47. The number of imidazole rings is 1. The van der Waals surface area contributed by atoms with Crippen LogP contribution in [0.15, 0.2) is 12.4 Å². The zero-order chi connectivity index (χ0) is 17.2. The summed E-state index contributed by atoms with van der Waals surface area (Å²) in [4.78, 5) is 20.1. The molecule has 2 atom stereocenters. The van der Waals surface area contributed by atoms with E-state index in [-0.39, 0.29) is 24.2 Å². The Hall–Kier alpha value is -1.44. The van der Waals surface area contributed by atoms with Gasteiger partial charge in [0.15, 0.2) is 0 Å². The molecule has 0 N–H and O–H groups in total. The highest BCUT2D eigenvalue weighted by Crippen LogP contribution is 2.36. The van der Waals surface area contributed by atoms with Gasteiger partial charge in [0, 0.05) is 46.5 Å². The van der Waals surface area contributed by atoms with E-state index in [1.54, 1.807) is 19.0 Å². The van der Waals surface area contributed by atoms with E-state index in [0.29, 0.717) is 6.61 Å². The fourth-order valence-corrected chi connectivity index (χ4v) is 3.59. The van der Waals surface area contributed by atoms with Gasteiger partial charge in [-0.15, -0.1) is 0 Å². The van der Waals surface area contributed by atoms with Crippen LogP contribution in [0.5, 0.6) is 0 Å². The van der Waals surface area contributed by atoms with Crippen molar-refractivity contribution in [1.82, 2.24) is 19.4 Å². The van der Waals surface area contributed by atoms with Crippen LogP contribution >= 0.6 is 0 Å². The second kappa shape index (κ2) is 7.21. The summed E-state index contributed by atoms with van der Waals surface area (Å²) in [5, 5.41) is 0. The van der Waals surface area contributed by atoms with Crippen LogP contribution in [-0.4, -0.2) is 77.4 Å². The molecule has 0 aromatic carbocycles. The molecular formula is C17H28N4O3. The second-order valence-electron chi connectivity index (χ2n) is 7.19. The van der Waals surface area contributed by atoms with Gasteiger partial charge < -0.3 is 18.9 Å². The molecule has 2 aliphatic rings. The summed E-state index contributed by atoms with van der Waals surface area (Å²) < 4.78 is 14.0. The standard InChI is InChI=1S/C17H28N4O3/c1-19(2)16(22)12-23-14-9-17(24-11-14)5-4-7-21(13-17)10-15-18-6-8-20(15)3/h6,8,14H,4-5,7,9-13H2,1-3H3. The maximum Gasteiger partial charge on any atom is 0.248 e. The molecule has 1 aromatic rings. The van der Waals surface area contributed by atoms with Crippen LogP contribution in [-0.2, 0) is 27.9 Å². The number of hydrogen-bond acceptors (Lipinski definition) is 5. The molecular weight excluding hydrogens is 308 g/mol. The van der Waals surface area contributed by atoms with Gasteiger partial charge in [0.1, 0.15) is 12.4 Å². The number of amides is 1. The average molecular weight is 336 g/mol. The fraction of sp³-hybridized carbons (Fsp3) is 0.765. The van der Waals surface area contributed by atoms with Gasteiger partial charge in [0.2, 0.25) is 5.91 Å². The van der Waals surface area contributed by atoms with Crippen molar-refractivity contribution >= 4 is 5.91 Å². The molecule has 1 amide bonds. The number of carbonyl (C=O) groups is 1. The summed E-state index contributed by atoms with van der Waals surface area (Å²) in [5.41, 5.74) is -0.130. The van der Waals surface area contributed by atoms with Crippen LogP contribution < -0.4 is 0 Å². The second-order valence-corrected chi connectivity index (χ2v) is 7.19. The van der Waals surface area contributed by atoms with Crippen molar-refractivity contribution in [3.05, 3.63) is 18.2 Å². The van der Waals surface area contributed by atoms with Crippen LogP contribution in [0.4, 0.5) is 0 Å². The monoisotopic (exact) mass is 336 g/mol. The van der Waals surface area contributed by atoms with Crippen LogP contribution in [0.2, 0.25) is 0 Å². The zero-order valence-electron chi connectivity index (χ0n) is 14.9. The number of aryl methyl sites for hydroxylation is 1. The molecule has 0 saturated carbocycles. The number of aromatic nitrogens is 2. The Labute approximate surface area is 143 Å². The van der Waals surface area contributed by atoms with Gasteiger partial charge in [-0.3, -0.25) is 9.69 Å². The van der Waals surface area contributed by atoms with Crippen molar-refractivity contribution in [1.29, 1.82) is 0 Å². The molecule has 2 saturated heterocycles. The Morgan fingerprint density at radius 1 is 1.54 bits per heavy atom. The number of likely N-dealkylation sites (N-methyl/N-ethyl adjacent to an activating group) is 1. The van der Waals surface area contributed by atoms with Crippen LogP contribution in [0.3, 0.4) is 0 Å². The fourth-order valence-electron chi connectivity index (χ4n) is 3.59. The topological polar surface area (TPSA) is 59.8 Å². The van der Waals surface area contributed by atoms with E-state index in [1.807, 2.05) is 19.4 Å². The zero-order valence-corrected chi connectivity index (χ0v) is 14.9.